The van der Waals surface area contributed by atoms with Crippen LogP contribution in [0, 0.1) is 13.8 Å². The number of aryl methyl sites for hydroxylation is 1. The number of unbranched alkanes of at least 4 members (excludes halogenated alkanes) is 1. The van der Waals surface area contributed by atoms with Crippen LogP contribution in [0.15, 0.2) is 18.2 Å². The van der Waals surface area contributed by atoms with Crippen LogP contribution in [0.2, 0.25) is 0 Å². The van der Waals surface area contributed by atoms with E-state index in [2.05, 4.69) is 5.32 Å². The zero-order chi connectivity index (χ0) is 15.0. The highest BCUT2D eigenvalue weighted by atomic mass is 32.2. The van der Waals surface area contributed by atoms with E-state index in [9.17, 15) is 9.59 Å². The molecule has 0 spiro atoms. The molecule has 0 fully saturated rings. The summed E-state index contributed by atoms with van der Waals surface area (Å²) >= 11 is 1.54. The van der Waals surface area contributed by atoms with Gasteiger partial charge in [0.1, 0.15) is 0 Å². The van der Waals surface area contributed by atoms with Crippen LogP contribution >= 0.6 is 11.8 Å². The minimum absolute atomic E-state index is 0.0121. The number of carbonyl (C=O) groups excluding carboxylic acids is 1. The molecule has 2 N–H and O–H groups in total. The highest BCUT2D eigenvalue weighted by Gasteiger charge is 2.06. The van der Waals surface area contributed by atoms with Crippen molar-refractivity contribution in [1.29, 1.82) is 0 Å². The lowest BCUT2D eigenvalue weighted by atomic mass is 10.1. The third-order valence-corrected chi connectivity index (χ3v) is 4.08. The predicted octanol–water partition coefficient (Wildman–Crippen LogP) is 3.23. The molecule has 1 aromatic rings. The molecule has 0 radical (unpaired) electrons. The topological polar surface area (TPSA) is 66.4 Å². The highest BCUT2D eigenvalue weighted by Crippen LogP contribution is 2.18. The Hall–Kier alpha value is -1.49. The third kappa shape index (κ3) is 6.10. The minimum Gasteiger partial charge on any atom is -0.481 e. The van der Waals surface area contributed by atoms with E-state index in [1.54, 1.807) is 0 Å². The lowest BCUT2D eigenvalue weighted by Gasteiger charge is -2.10. The molecule has 4 nitrogen and oxygen atoms in total. The Morgan fingerprint density at radius 1 is 1.25 bits per heavy atom. The summed E-state index contributed by atoms with van der Waals surface area (Å²) in [6.07, 6.45) is 1.70. The summed E-state index contributed by atoms with van der Waals surface area (Å²) in [6, 6.07) is 5.84. The van der Waals surface area contributed by atoms with E-state index in [0.717, 1.165) is 29.0 Å². The number of hydrogen-bond donors (Lipinski definition) is 2. The van der Waals surface area contributed by atoms with E-state index in [0.29, 0.717) is 12.2 Å². The number of thioether (sulfide) groups is 1. The molecule has 0 saturated carbocycles. The molecule has 0 aliphatic heterocycles. The Bertz CT molecular complexity index is 474. The number of nitrogens with one attached hydrogen (secondary N) is 1. The van der Waals surface area contributed by atoms with E-state index >= 15 is 0 Å². The number of aliphatic carboxylic acids is 1. The zero-order valence-electron chi connectivity index (χ0n) is 11.9. The first-order chi connectivity index (χ1) is 9.50. The second kappa shape index (κ2) is 8.64. The van der Waals surface area contributed by atoms with E-state index < -0.39 is 5.97 Å². The van der Waals surface area contributed by atoms with E-state index in [1.807, 2.05) is 32.0 Å². The van der Waals surface area contributed by atoms with Crippen molar-refractivity contribution in [2.45, 2.75) is 33.1 Å². The molecular weight excluding hydrogens is 274 g/mol. The fourth-order valence-corrected chi connectivity index (χ4v) is 2.53. The molecule has 0 unspecified atom stereocenters. The summed E-state index contributed by atoms with van der Waals surface area (Å²) in [7, 11) is 0. The molecule has 0 heterocycles. The van der Waals surface area contributed by atoms with Crippen molar-refractivity contribution in [2.75, 3.05) is 16.8 Å². The Morgan fingerprint density at radius 2 is 2.00 bits per heavy atom. The molecule has 0 atom stereocenters. The number of carboxylic acid groups (broad SMARTS) is 1. The van der Waals surface area contributed by atoms with Gasteiger partial charge in [0, 0.05) is 12.1 Å². The van der Waals surface area contributed by atoms with Crippen molar-refractivity contribution >= 4 is 29.3 Å². The first kappa shape index (κ1) is 16.6. The molecule has 1 amide bonds. The van der Waals surface area contributed by atoms with Crippen LogP contribution in [-0.2, 0) is 9.59 Å². The summed E-state index contributed by atoms with van der Waals surface area (Å²) < 4.78 is 0. The monoisotopic (exact) mass is 295 g/mol. The van der Waals surface area contributed by atoms with E-state index in [1.165, 1.54) is 11.8 Å². The van der Waals surface area contributed by atoms with Gasteiger partial charge in [-0.15, -0.1) is 0 Å². The number of carboxylic acids is 1. The average molecular weight is 295 g/mol. The number of hydrogen-bond acceptors (Lipinski definition) is 3. The Morgan fingerprint density at radius 3 is 2.70 bits per heavy atom. The highest BCUT2D eigenvalue weighted by molar-refractivity contribution is 7.99. The van der Waals surface area contributed by atoms with Gasteiger partial charge in [-0.2, -0.15) is 11.8 Å². The van der Waals surface area contributed by atoms with Gasteiger partial charge >= 0.3 is 5.97 Å². The van der Waals surface area contributed by atoms with Gasteiger partial charge in [0.05, 0.1) is 5.75 Å². The molecule has 20 heavy (non-hydrogen) atoms. The normalized spacial score (nSPS) is 10.3. The number of rotatable bonds is 8. The number of anilines is 1. The Labute approximate surface area is 124 Å². The van der Waals surface area contributed by atoms with E-state index in [-0.39, 0.29) is 12.3 Å². The molecule has 0 aliphatic rings. The molecule has 1 rings (SSSR count). The maximum absolute atomic E-state index is 11.8. The van der Waals surface area contributed by atoms with Crippen molar-refractivity contribution in [3.63, 3.8) is 0 Å². The zero-order valence-corrected chi connectivity index (χ0v) is 12.8. The lowest BCUT2D eigenvalue weighted by Crippen LogP contribution is -2.15. The quantitative estimate of drug-likeness (QED) is 0.723. The van der Waals surface area contributed by atoms with Gasteiger partial charge in [0.25, 0.3) is 0 Å². The van der Waals surface area contributed by atoms with E-state index in [4.69, 9.17) is 5.11 Å². The van der Waals surface area contributed by atoms with Crippen LogP contribution in [-0.4, -0.2) is 28.5 Å². The number of benzene rings is 1. The maximum Gasteiger partial charge on any atom is 0.303 e. The van der Waals surface area contributed by atoms with Crippen LogP contribution in [0.5, 0.6) is 0 Å². The van der Waals surface area contributed by atoms with Crippen molar-refractivity contribution in [1.82, 2.24) is 0 Å². The van der Waals surface area contributed by atoms with Crippen molar-refractivity contribution in [2.24, 2.45) is 0 Å². The summed E-state index contributed by atoms with van der Waals surface area (Å²) in [5.41, 5.74) is 3.11. The second-order valence-electron chi connectivity index (χ2n) is 4.70. The SMILES string of the molecule is Cc1cccc(NC(=O)CSCCCCC(=O)O)c1C. The predicted molar refractivity (Wildman–Crippen MR) is 83.4 cm³/mol. The van der Waals surface area contributed by atoms with Crippen LogP contribution in [0.3, 0.4) is 0 Å². The molecule has 0 bridgehead atoms. The Kier molecular flexibility index (Phi) is 7.15. The van der Waals surface area contributed by atoms with Gasteiger partial charge in [-0.05, 0) is 49.6 Å². The molecule has 0 aliphatic carbocycles. The molecule has 1 aromatic carbocycles. The molecule has 0 aromatic heterocycles. The summed E-state index contributed by atoms with van der Waals surface area (Å²) in [4.78, 5) is 22.1. The van der Waals surface area contributed by atoms with Crippen molar-refractivity contribution in [3.8, 4) is 0 Å². The van der Waals surface area contributed by atoms with Gasteiger partial charge < -0.3 is 10.4 Å². The average Bonchev–Trinajstić information content (AvgIpc) is 2.39. The summed E-state index contributed by atoms with van der Waals surface area (Å²) in [5, 5.41) is 11.4. The lowest BCUT2D eigenvalue weighted by molar-refractivity contribution is -0.137. The van der Waals surface area contributed by atoms with Crippen LogP contribution < -0.4 is 5.32 Å². The first-order valence-corrected chi connectivity index (χ1v) is 7.82. The minimum atomic E-state index is -0.761. The maximum atomic E-state index is 11.8. The molecule has 0 saturated heterocycles. The van der Waals surface area contributed by atoms with Crippen LogP contribution in [0.1, 0.15) is 30.4 Å². The van der Waals surface area contributed by atoms with Crippen molar-refractivity contribution in [3.05, 3.63) is 29.3 Å². The largest absolute Gasteiger partial charge is 0.481 e. The smallest absolute Gasteiger partial charge is 0.303 e. The first-order valence-electron chi connectivity index (χ1n) is 6.66. The summed E-state index contributed by atoms with van der Waals surface area (Å²) in [6.45, 7) is 4.01. The fraction of sp³-hybridized carbons (Fsp3) is 0.467. The van der Waals surface area contributed by atoms with Gasteiger partial charge in [0.15, 0.2) is 0 Å². The number of amides is 1. The van der Waals surface area contributed by atoms with Gasteiger partial charge in [-0.25, -0.2) is 0 Å². The Balaban J connectivity index is 2.24. The van der Waals surface area contributed by atoms with Crippen LogP contribution in [0.4, 0.5) is 5.69 Å². The standard InChI is InChI=1S/C15H21NO3S/c1-11-6-5-7-13(12(11)2)16-14(17)10-20-9-4-3-8-15(18)19/h5-7H,3-4,8-10H2,1-2H3,(H,16,17)(H,18,19). The number of carbonyl (C=O) groups is 2. The fourth-order valence-electron chi connectivity index (χ4n) is 1.72. The van der Waals surface area contributed by atoms with Crippen molar-refractivity contribution < 1.29 is 14.7 Å². The molecule has 5 heteroatoms. The van der Waals surface area contributed by atoms with Gasteiger partial charge in [0.2, 0.25) is 5.91 Å². The van der Waals surface area contributed by atoms with Gasteiger partial charge in [-0.3, -0.25) is 9.59 Å². The van der Waals surface area contributed by atoms with Gasteiger partial charge in [-0.1, -0.05) is 12.1 Å². The molecule has 110 valence electrons. The third-order valence-electron chi connectivity index (χ3n) is 3.04. The molecular formula is C15H21NO3S. The second-order valence-corrected chi connectivity index (χ2v) is 5.80. The van der Waals surface area contributed by atoms with Crippen LogP contribution in [0.25, 0.3) is 0 Å². The summed E-state index contributed by atoms with van der Waals surface area (Å²) in [5.74, 6) is 0.443.